The first-order valence-electron chi connectivity index (χ1n) is 10.8. The summed E-state index contributed by atoms with van der Waals surface area (Å²) in [5.74, 6) is -0.420. The van der Waals surface area contributed by atoms with Gasteiger partial charge in [0.15, 0.2) is 11.5 Å². The minimum atomic E-state index is -4.24. The third-order valence-corrected chi connectivity index (χ3v) is 6.83. The van der Waals surface area contributed by atoms with Crippen LogP contribution < -0.4 is 14.2 Å². The molecule has 0 unspecified atom stereocenters. The highest BCUT2D eigenvalue weighted by molar-refractivity contribution is 7.87. The molecule has 0 fully saturated rings. The number of amides is 2. The van der Waals surface area contributed by atoms with Crippen LogP contribution >= 0.6 is 11.6 Å². The number of halogens is 2. The monoisotopic (exact) mass is 520 g/mol. The topological polar surface area (TPSA) is 84.9 Å². The van der Waals surface area contributed by atoms with Crippen molar-refractivity contribution in [2.45, 2.75) is 37.8 Å². The maximum atomic E-state index is 13.2. The molecule has 0 saturated heterocycles. The Kier molecular flexibility index (Phi) is 8.58. The summed E-state index contributed by atoms with van der Waals surface area (Å²) in [4.78, 5) is 14.5. The second-order valence-corrected chi connectivity index (χ2v) is 9.79. The first-order chi connectivity index (χ1) is 16.6. The SMILES string of the molecule is CC[C@H](C)N(Cc1ccc(OC)c(OS(=O)(=O)c2ccc(F)cc2)c1)C(=O)Nc1cccc(Cl)c1. The van der Waals surface area contributed by atoms with Crippen LogP contribution in [0.4, 0.5) is 14.9 Å². The van der Waals surface area contributed by atoms with Gasteiger partial charge in [0.25, 0.3) is 0 Å². The van der Waals surface area contributed by atoms with Crippen LogP contribution in [0, 0.1) is 5.82 Å². The molecule has 3 aromatic rings. The molecule has 0 bridgehead atoms. The predicted octanol–water partition coefficient (Wildman–Crippen LogP) is 6.09. The van der Waals surface area contributed by atoms with Crippen LogP contribution in [0.15, 0.2) is 71.6 Å². The molecule has 0 aliphatic heterocycles. The molecule has 0 aliphatic rings. The van der Waals surface area contributed by atoms with Crippen molar-refractivity contribution in [1.29, 1.82) is 0 Å². The molecular weight excluding hydrogens is 495 g/mol. The Balaban J connectivity index is 1.86. The first-order valence-corrected chi connectivity index (χ1v) is 12.6. The number of benzene rings is 3. The van der Waals surface area contributed by atoms with Crippen LogP contribution in [0.25, 0.3) is 0 Å². The average molecular weight is 521 g/mol. The zero-order valence-electron chi connectivity index (χ0n) is 19.5. The fraction of sp³-hybridized carbons (Fsp3) is 0.240. The molecule has 0 radical (unpaired) electrons. The zero-order chi connectivity index (χ0) is 25.6. The van der Waals surface area contributed by atoms with Gasteiger partial charge in [-0.2, -0.15) is 8.42 Å². The normalized spacial score (nSPS) is 12.0. The van der Waals surface area contributed by atoms with E-state index in [0.717, 1.165) is 24.3 Å². The number of ether oxygens (including phenoxy) is 1. The number of urea groups is 1. The molecule has 0 aromatic heterocycles. The van der Waals surface area contributed by atoms with Crippen molar-refractivity contribution in [3.63, 3.8) is 0 Å². The van der Waals surface area contributed by atoms with Gasteiger partial charge < -0.3 is 19.1 Å². The van der Waals surface area contributed by atoms with Crippen LogP contribution in [-0.4, -0.2) is 32.5 Å². The van der Waals surface area contributed by atoms with Crippen molar-refractivity contribution in [2.75, 3.05) is 12.4 Å². The Labute approximate surface area is 209 Å². The zero-order valence-corrected chi connectivity index (χ0v) is 21.1. The van der Waals surface area contributed by atoms with Crippen LogP contribution in [-0.2, 0) is 16.7 Å². The number of hydrogen-bond donors (Lipinski definition) is 1. The van der Waals surface area contributed by atoms with E-state index in [2.05, 4.69) is 5.32 Å². The van der Waals surface area contributed by atoms with Crippen molar-refractivity contribution in [3.8, 4) is 11.5 Å². The van der Waals surface area contributed by atoms with Gasteiger partial charge in [0.1, 0.15) is 10.7 Å². The Morgan fingerprint density at radius 1 is 1.09 bits per heavy atom. The molecule has 0 spiro atoms. The van der Waals surface area contributed by atoms with E-state index in [0.29, 0.717) is 22.7 Å². The van der Waals surface area contributed by atoms with Crippen LogP contribution in [0.5, 0.6) is 11.5 Å². The van der Waals surface area contributed by atoms with Gasteiger partial charge >= 0.3 is 16.1 Å². The lowest BCUT2D eigenvalue weighted by Gasteiger charge is -2.29. The first kappa shape index (κ1) is 26.3. The number of nitrogens with zero attached hydrogens (tertiary/aromatic N) is 1. The Hall–Kier alpha value is -3.30. The molecule has 2 amide bonds. The smallest absolute Gasteiger partial charge is 0.339 e. The van der Waals surface area contributed by atoms with E-state index in [9.17, 15) is 17.6 Å². The number of hydrogen-bond acceptors (Lipinski definition) is 5. The Morgan fingerprint density at radius 2 is 1.80 bits per heavy atom. The lowest BCUT2D eigenvalue weighted by Crippen LogP contribution is -2.40. The maximum absolute atomic E-state index is 13.2. The molecule has 0 aliphatic carbocycles. The fourth-order valence-corrected chi connectivity index (χ4v) is 4.38. The average Bonchev–Trinajstić information content (AvgIpc) is 2.82. The molecule has 186 valence electrons. The Morgan fingerprint density at radius 3 is 2.43 bits per heavy atom. The van der Waals surface area contributed by atoms with Gasteiger partial charge in [0.2, 0.25) is 0 Å². The number of carbonyl (C=O) groups is 1. The molecular formula is C25H26ClFN2O5S. The van der Waals surface area contributed by atoms with Gasteiger partial charge in [0, 0.05) is 23.3 Å². The largest absolute Gasteiger partial charge is 0.493 e. The minimum Gasteiger partial charge on any atom is -0.493 e. The molecule has 1 atom stereocenters. The van der Waals surface area contributed by atoms with Gasteiger partial charge in [-0.3, -0.25) is 0 Å². The van der Waals surface area contributed by atoms with Gasteiger partial charge in [-0.05, 0) is 73.5 Å². The molecule has 3 rings (SSSR count). The van der Waals surface area contributed by atoms with Gasteiger partial charge in [-0.15, -0.1) is 0 Å². The summed E-state index contributed by atoms with van der Waals surface area (Å²) in [5, 5.41) is 3.34. The minimum absolute atomic E-state index is 0.0475. The van der Waals surface area contributed by atoms with Gasteiger partial charge in [-0.25, -0.2) is 9.18 Å². The summed E-state index contributed by atoms with van der Waals surface area (Å²) in [5.41, 5.74) is 1.18. The third-order valence-electron chi connectivity index (χ3n) is 5.34. The van der Waals surface area contributed by atoms with Crippen molar-refractivity contribution in [2.24, 2.45) is 0 Å². The number of anilines is 1. The second-order valence-electron chi connectivity index (χ2n) is 7.80. The van der Waals surface area contributed by atoms with Gasteiger partial charge in [0.05, 0.1) is 7.11 Å². The fourth-order valence-electron chi connectivity index (χ4n) is 3.26. The van der Waals surface area contributed by atoms with Crippen molar-refractivity contribution >= 4 is 33.4 Å². The molecule has 0 heterocycles. The third kappa shape index (κ3) is 6.86. The van der Waals surface area contributed by atoms with Crippen molar-refractivity contribution < 1.29 is 26.5 Å². The van der Waals surface area contributed by atoms with E-state index >= 15 is 0 Å². The van der Waals surface area contributed by atoms with E-state index in [1.807, 2.05) is 13.8 Å². The van der Waals surface area contributed by atoms with Crippen LogP contribution in [0.1, 0.15) is 25.8 Å². The van der Waals surface area contributed by atoms with E-state index in [1.165, 1.54) is 13.2 Å². The van der Waals surface area contributed by atoms with Gasteiger partial charge in [-0.1, -0.05) is 30.7 Å². The van der Waals surface area contributed by atoms with Crippen molar-refractivity contribution in [3.05, 3.63) is 83.1 Å². The highest BCUT2D eigenvalue weighted by Gasteiger charge is 2.23. The molecule has 0 saturated carbocycles. The summed E-state index contributed by atoms with van der Waals surface area (Å²) < 4.78 is 49.2. The summed E-state index contributed by atoms with van der Waals surface area (Å²) >= 11 is 6.02. The molecule has 1 N–H and O–H groups in total. The number of rotatable bonds is 9. The summed E-state index contributed by atoms with van der Waals surface area (Å²) in [6, 6.07) is 15.5. The summed E-state index contributed by atoms with van der Waals surface area (Å²) in [6.45, 7) is 4.05. The molecule has 10 heteroatoms. The van der Waals surface area contributed by atoms with E-state index < -0.39 is 15.9 Å². The Bertz CT molecular complexity index is 1290. The van der Waals surface area contributed by atoms with E-state index in [4.69, 9.17) is 20.5 Å². The van der Waals surface area contributed by atoms with Crippen LogP contribution in [0.2, 0.25) is 5.02 Å². The molecule has 35 heavy (non-hydrogen) atoms. The summed E-state index contributed by atoms with van der Waals surface area (Å²) in [6.07, 6.45) is 0.696. The lowest BCUT2D eigenvalue weighted by atomic mass is 10.1. The van der Waals surface area contributed by atoms with E-state index in [1.54, 1.807) is 41.3 Å². The number of nitrogens with one attached hydrogen (secondary N) is 1. The molecule has 3 aromatic carbocycles. The number of carbonyl (C=O) groups excluding carboxylic acids is 1. The standard InChI is InChI=1S/C25H26ClFN2O5S/c1-4-17(2)29(25(30)28-21-7-5-6-19(26)15-21)16-18-8-13-23(33-3)24(14-18)34-35(31,32)22-11-9-20(27)10-12-22/h5-15,17H,4,16H2,1-3H3,(H,28,30)/t17-/m0/s1. The second kappa shape index (κ2) is 11.4. The lowest BCUT2D eigenvalue weighted by molar-refractivity contribution is 0.187. The highest BCUT2D eigenvalue weighted by atomic mass is 35.5. The maximum Gasteiger partial charge on any atom is 0.339 e. The summed E-state index contributed by atoms with van der Waals surface area (Å²) in [7, 11) is -2.86. The predicted molar refractivity (Wildman–Crippen MR) is 133 cm³/mol. The van der Waals surface area contributed by atoms with Crippen LogP contribution in [0.3, 0.4) is 0 Å². The van der Waals surface area contributed by atoms with E-state index in [-0.39, 0.29) is 35.0 Å². The molecule has 7 nitrogen and oxygen atoms in total. The highest BCUT2D eigenvalue weighted by Crippen LogP contribution is 2.32. The van der Waals surface area contributed by atoms with Crippen molar-refractivity contribution in [1.82, 2.24) is 4.90 Å². The number of methoxy groups -OCH3 is 1. The quantitative estimate of drug-likeness (QED) is 0.345.